The number of benzene rings is 1. The maximum atomic E-state index is 12.1. The van der Waals surface area contributed by atoms with Crippen LogP contribution in [0.1, 0.15) is 16.0 Å². The molecule has 2 aromatic rings. The Morgan fingerprint density at radius 3 is 2.70 bits per heavy atom. The molecule has 1 N–H and O–H groups in total. The standard InChI is InChI=1S/C16H14N2OS/c1-11-5-6-14(8-12(11)2)18-16(19)13(10-17)9-15-4-3-7-20-15/h3-9H,1-2H3,(H,18,19)/b13-9+. The molecule has 0 aliphatic heterocycles. The lowest BCUT2D eigenvalue weighted by molar-refractivity contribution is -0.112. The summed E-state index contributed by atoms with van der Waals surface area (Å²) in [5.41, 5.74) is 3.07. The molecular formula is C16H14N2OS. The molecule has 20 heavy (non-hydrogen) atoms. The fourth-order valence-corrected chi connectivity index (χ4v) is 2.34. The van der Waals surface area contributed by atoms with Crippen molar-refractivity contribution in [3.8, 4) is 6.07 Å². The molecule has 0 atom stereocenters. The van der Waals surface area contributed by atoms with Crippen molar-refractivity contribution in [1.82, 2.24) is 0 Å². The fraction of sp³-hybridized carbons (Fsp3) is 0.125. The molecule has 0 spiro atoms. The summed E-state index contributed by atoms with van der Waals surface area (Å²) in [5, 5.41) is 13.8. The monoisotopic (exact) mass is 282 g/mol. The van der Waals surface area contributed by atoms with Gasteiger partial charge in [-0.15, -0.1) is 11.3 Å². The van der Waals surface area contributed by atoms with Crippen LogP contribution in [0.15, 0.2) is 41.3 Å². The fourth-order valence-electron chi connectivity index (χ4n) is 1.68. The Labute approximate surface area is 122 Å². The Balaban J connectivity index is 2.18. The Hall–Kier alpha value is -2.38. The summed E-state index contributed by atoms with van der Waals surface area (Å²) in [6.45, 7) is 4.00. The van der Waals surface area contributed by atoms with Gasteiger partial charge in [-0.1, -0.05) is 12.1 Å². The molecule has 3 nitrogen and oxygen atoms in total. The first kappa shape index (κ1) is 14.0. The highest BCUT2D eigenvalue weighted by Gasteiger charge is 2.10. The molecule has 0 aliphatic rings. The predicted molar refractivity (Wildman–Crippen MR) is 82.5 cm³/mol. The summed E-state index contributed by atoms with van der Waals surface area (Å²) in [5.74, 6) is -0.385. The van der Waals surface area contributed by atoms with Gasteiger partial charge in [0.2, 0.25) is 0 Å². The van der Waals surface area contributed by atoms with E-state index >= 15 is 0 Å². The minimum Gasteiger partial charge on any atom is -0.321 e. The van der Waals surface area contributed by atoms with E-state index in [0.717, 1.165) is 16.0 Å². The number of anilines is 1. The quantitative estimate of drug-likeness (QED) is 0.685. The molecule has 1 aromatic carbocycles. The number of hydrogen-bond donors (Lipinski definition) is 1. The largest absolute Gasteiger partial charge is 0.321 e. The number of aryl methyl sites for hydroxylation is 2. The van der Waals surface area contributed by atoms with Crippen molar-refractivity contribution in [3.05, 3.63) is 57.3 Å². The maximum absolute atomic E-state index is 12.1. The second-order valence-electron chi connectivity index (χ2n) is 4.44. The Kier molecular flexibility index (Phi) is 4.34. The molecule has 0 unspecified atom stereocenters. The van der Waals surface area contributed by atoms with Crippen LogP contribution in [0.3, 0.4) is 0 Å². The van der Waals surface area contributed by atoms with Gasteiger partial charge in [-0.3, -0.25) is 4.79 Å². The number of amides is 1. The van der Waals surface area contributed by atoms with Crippen molar-refractivity contribution < 1.29 is 4.79 Å². The summed E-state index contributed by atoms with van der Waals surface area (Å²) >= 11 is 1.49. The van der Waals surface area contributed by atoms with Crippen LogP contribution < -0.4 is 5.32 Å². The smallest absolute Gasteiger partial charge is 0.266 e. The molecule has 1 aromatic heterocycles. The molecular weight excluding hydrogens is 268 g/mol. The van der Waals surface area contributed by atoms with Crippen LogP contribution in [0.4, 0.5) is 5.69 Å². The molecule has 100 valence electrons. The van der Waals surface area contributed by atoms with Crippen molar-refractivity contribution in [1.29, 1.82) is 5.26 Å². The number of nitrogens with zero attached hydrogens (tertiary/aromatic N) is 1. The zero-order chi connectivity index (χ0) is 14.5. The van der Waals surface area contributed by atoms with E-state index in [0.29, 0.717) is 5.69 Å². The zero-order valence-electron chi connectivity index (χ0n) is 11.3. The van der Waals surface area contributed by atoms with Crippen molar-refractivity contribution in [3.63, 3.8) is 0 Å². The summed E-state index contributed by atoms with van der Waals surface area (Å²) < 4.78 is 0. The first-order valence-corrected chi connectivity index (χ1v) is 7.02. The third kappa shape index (κ3) is 3.34. The summed E-state index contributed by atoms with van der Waals surface area (Å²) in [6, 6.07) is 11.4. The lowest BCUT2D eigenvalue weighted by Crippen LogP contribution is -2.13. The Morgan fingerprint density at radius 2 is 2.10 bits per heavy atom. The highest BCUT2D eigenvalue weighted by Crippen LogP contribution is 2.17. The summed E-state index contributed by atoms with van der Waals surface area (Å²) in [6.07, 6.45) is 1.60. The second kappa shape index (κ2) is 6.18. The van der Waals surface area contributed by atoms with Crippen LogP contribution in [0, 0.1) is 25.2 Å². The van der Waals surface area contributed by atoms with Gasteiger partial charge in [0.05, 0.1) is 0 Å². The first-order chi connectivity index (χ1) is 9.60. The molecule has 4 heteroatoms. The minimum atomic E-state index is -0.385. The number of hydrogen-bond acceptors (Lipinski definition) is 3. The van der Waals surface area contributed by atoms with Gasteiger partial charge in [0.1, 0.15) is 11.6 Å². The molecule has 1 heterocycles. The number of nitriles is 1. The van der Waals surface area contributed by atoms with Gasteiger partial charge in [-0.05, 0) is 54.6 Å². The molecule has 0 aliphatic carbocycles. The van der Waals surface area contributed by atoms with Gasteiger partial charge >= 0.3 is 0 Å². The summed E-state index contributed by atoms with van der Waals surface area (Å²) in [7, 11) is 0. The van der Waals surface area contributed by atoms with E-state index in [4.69, 9.17) is 5.26 Å². The van der Waals surface area contributed by atoms with E-state index in [-0.39, 0.29) is 11.5 Å². The lowest BCUT2D eigenvalue weighted by atomic mass is 10.1. The molecule has 0 bridgehead atoms. The van der Waals surface area contributed by atoms with Crippen molar-refractivity contribution >= 4 is 29.0 Å². The van der Waals surface area contributed by atoms with E-state index in [9.17, 15) is 4.79 Å². The van der Waals surface area contributed by atoms with Crippen LogP contribution in [0.2, 0.25) is 0 Å². The lowest BCUT2D eigenvalue weighted by Gasteiger charge is -2.06. The van der Waals surface area contributed by atoms with E-state index in [1.165, 1.54) is 11.3 Å². The number of carbonyl (C=O) groups excluding carboxylic acids is 1. The predicted octanol–water partition coefficient (Wildman–Crippen LogP) is 3.91. The van der Waals surface area contributed by atoms with Crippen LogP contribution in [-0.4, -0.2) is 5.91 Å². The number of thiophene rings is 1. The topological polar surface area (TPSA) is 52.9 Å². The average molecular weight is 282 g/mol. The molecule has 0 saturated carbocycles. The van der Waals surface area contributed by atoms with Gasteiger partial charge in [-0.2, -0.15) is 5.26 Å². The Bertz CT molecular complexity index is 694. The third-order valence-corrected chi connectivity index (χ3v) is 3.78. The van der Waals surface area contributed by atoms with Crippen LogP contribution >= 0.6 is 11.3 Å². The number of carbonyl (C=O) groups is 1. The van der Waals surface area contributed by atoms with Gasteiger partial charge < -0.3 is 5.32 Å². The van der Waals surface area contributed by atoms with Crippen molar-refractivity contribution in [2.24, 2.45) is 0 Å². The Morgan fingerprint density at radius 1 is 1.30 bits per heavy atom. The van der Waals surface area contributed by atoms with Crippen LogP contribution in [0.5, 0.6) is 0 Å². The van der Waals surface area contributed by atoms with E-state index in [1.807, 2.05) is 55.6 Å². The minimum absolute atomic E-state index is 0.102. The van der Waals surface area contributed by atoms with Gasteiger partial charge in [0.15, 0.2) is 0 Å². The summed E-state index contributed by atoms with van der Waals surface area (Å²) in [4.78, 5) is 13.0. The molecule has 0 fully saturated rings. The molecule has 0 saturated heterocycles. The number of rotatable bonds is 3. The normalized spacial score (nSPS) is 10.9. The third-order valence-electron chi connectivity index (χ3n) is 2.96. The van der Waals surface area contributed by atoms with Gasteiger partial charge in [0, 0.05) is 10.6 Å². The van der Waals surface area contributed by atoms with Crippen LogP contribution in [0.25, 0.3) is 6.08 Å². The average Bonchev–Trinajstić information content (AvgIpc) is 2.93. The maximum Gasteiger partial charge on any atom is 0.266 e. The van der Waals surface area contributed by atoms with Crippen molar-refractivity contribution in [2.75, 3.05) is 5.32 Å². The molecule has 1 amide bonds. The second-order valence-corrected chi connectivity index (χ2v) is 5.42. The molecule has 2 rings (SSSR count). The number of nitrogens with one attached hydrogen (secondary N) is 1. The SMILES string of the molecule is Cc1ccc(NC(=O)/C(C#N)=C/c2cccs2)cc1C. The first-order valence-electron chi connectivity index (χ1n) is 6.14. The molecule has 0 radical (unpaired) electrons. The zero-order valence-corrected chi connectivity index (χ0v) is 12.1. The van der Waals surface area contributed by atoms with Crippen LogP contribution in [-0.2, 0) is 4.79 Å². The highest BCUT2D eigenvalue weighted by atomic mass is 32.1. The van der Waals surface area contributed by atoms with Crippen molar-refractivity contribution in [2.45, 2.75) is 13.8 Å². The highest BCUT2D eigenvalue weighted by molar-refractivity contribution is 7.10. The van der Waals surface area contributed by atoms with E-state index in [1.54, 1.807) is 6.08 Å². The van der Waals surface area contributed by atoms with E-state index in [2.05, 4.69) is 5.32 Å². The van der Waals surface area contributed by atoms with E-state index < -0.39 is 0 Å². The van der Waals surface area contributed by atoms with Gasteiger partial charge in [-0.25, -0.2) is 0 Å². The van der Waals surface area contributed by atoms with Gasteiger partial charge in [0.25, 0.3) is 5.91 Å².